The first-order valence-corrected chi connectivity index (χ1v) is 7.05. The van der Waals surface area contributed by atoms with E-state index in [0.29, 0.717) is 21.8 Å². The van der Waals surface area contributed by atoms with Crippen LogP contribution in [-0.4, -0.2) is 11.1 Å². The van der Waals surface area contributed by atoms with E-state index < -0.39 is 0 Å². The van der Waals surface area contributed by atoms with E-state index >= 15 is 0 Å². The minimum Gasteiger partial charge on any atom is -0.507 e. The largest absolute Gasteiger partial charge is 0.507 e. The Morgan fingerprint density at radius 2 is 1.55 bits per heavy atom. The molecule has 0 aromatic heterocycles. The Bertz CT molecular complexity index is 832. The molecular formula is C17H13ClN2O2. The van der Waals surface area contributed by atoms with Crippen LogP contribution in [0, 0.1) is 0 Å². The van der Waals surface area contributed by atoms with Gasteiger partial charge in [0.25, 0.3) is 0 Å². The van der Waals surface area contributed by atoms with Crippen LogP contribution in [0.2, 0.25) is 5.02 Å². The maximum atomic E-state index is 12.1. The minimum absolute atomic E-state index is 0.180. The molecule has 3 aromatic carbocycles. The molecule has 0 heterocycles. The fourth-order valence-corrected chi connectivity index (χ4v) is 2.35. The molecule has 0 aliphatic heterocycles. The lowest BCUT2D eigenvalue weighted by Crippen LogP contribution is -2.19. The van der Waals surface area contributed by atoms with Gasteiger partial charge in [0.15, 0.2) is 0 Å². The molecule has 3 rings (SSSR count). The number of fused-ring (bicyclic) bond motifs is 1. The molecule has 0 radical (unpaired) electrons. The van der Waals surface area contributed by atoms with Crippen molar-refractivity contribution < 1.29 is 9.90 Å². The van der Waals surface area contributed by atoms with Crippen LogP contribution >= 0.6 is 11.6 Å². The molecule has 0 aliphatic carbocycles. The molecule has 0 saturated carbocycles. The van der Waals surface area contributed by atoms with Gasteiger partial charge in [-0.05, 0) is 36.4 Å². The van der Waals surface area contributed by atoms with Gasteiger partial charge in [0.1, 0.15) is 5.75 Å². The quantitative estimate of drug-likeness (QED) is 0.634. The fourth-order valence-electron chi connectivity index (χ4n) is 2.22. The highest BCUT2D eigenvalue weighted by molar-refractivity contribution is 6.30. The Hall–Kier alpha value is -2.72. The smallest absolute Gasteiger partial charge is 0.323 e. The van der Waals surface area contributed by atoms with Crippen LogP contribution in [0.4, 0.5) is 16.2 Å². The average Bonchev–Trinajstić information content (AvgIpc) is 2.51. The maximum absolute atomic E-state index is 12.1. The van der Waals surface area contributed by atoms with Crippen molar-refractivity contribution in [3.05, 3.63) is 65.7 Å². The van der Waals surface area contributed by atoms with Crippen LogP contribution in [-0.2, 0) is 0 Å². The molecule has 2 amide bonds. The summed E-state index contributed by atoms with van der Waals surface area (Å²) in [6.45, 7) is 0. The first-order chi connectivity index (χ1) is 10.6. The van der Waals surface area contributed by atoms with Gasteiger partial charge in [0.2, 0.25) is 0 Å². The molecule has 4 nitrogen and oxygen atoms in total. The predicted molar refractivity (Wildman–Crippen MR) is 89.7 cm³/mol. The molecule has 5 heteroatoms. The van der Waals surface area contributed by atoms with E-state index in [4.69, 9.17) is 11.6 Å². The number of aromatic hydroxyl groups is 1. The molecule has 0 atom stereocenters. The number of amides is 2. The Kier molecular flexibility index (Phi) is 3.85. The Labute approximate surface area is 132 Å². The van der Waals surface area contributed by atoms with Crippen LogP contribution in [0.1, 0.15) is 0 Å². The average molecular weight is 313 g/mol. The first-order valence-electron chi connectivity index (χ1n) is 6.68. The van der Waals surface area contributed by atoms with Crippen LogP contribution in [0.3, 0.4) is 0 Å². The number of anilines is 2. The number of halogens is 1. The lowest BCUT2D eigenvalue weighted by molar-refractivity contribution is 0.262. The summed E-state index contributed by atoms with van der Waals surface area (Å²) >= 11 is 5.81. The molecule has 110 valence electrons. The van der Waals surface area contributed by atoms with E-state index in [1.807, 2.05) is 6.07 Å². The first kappa shape index (κ1) is 14.2. The standard InChI is InChI=1S/C17H13ClN2O2/c18-11-7-9-12(10-8-11)19-17(22)20-15-5-1-4-14-13(15)3-2-6-16(14)21/h1-10,21H,(H2,19,20,22). The van der Waals surface area contributed by atoms with Crippen molar-refractivity contribution >= 4 is 39.8 Å². The minimum atomic E-state index is -0.363. The van der Waals surface area contributed by atoms with Crippen LogP contribution in [0.15, 0.2) is 60.7 Å². The van der Waals surface area contributed by atoms with Gasteiger partial charge in [-0.3, -0.25) is 0 Å². The van der Waals surface area contributed by atoms with Crippen LogP contribution in [0.25, 0.3) is 10.8 Å². The van der Waals surface area contributed by atoms with E-state index in [9.17, 15) is 9.90 Å². The fraction of sp³-hybridized carbons (Fsp3) is 0. The summed E-state index contributed by atoms with van der Waals surface area (Å²) in [5.41, 5.74) is 1.27. The molecule has 3 N–H and O–H groups in total. The van der Waals surface area contributed by atoms with Crippen molar-refractivity contribution in [3.8, 4) is 5.75 Å². The predicted octanol–water partition coefficient (Wildman–Crippen LogP) is 4.84. The van der Waals surface area contributed by atoms with Gasteiger partial charge in [0.05, 0.1) is 5.69 Å². The van der Waals surface area contributed by atoms with E-state index in [0.717, 1.165) is 5.39 Å². The zero-order valence-electron chi connectivity index (χ0n) is 11.5. The number of rotatable bonds is 2. The number of hydrogen-bond acceptors (Lipinski definition) is 2. The normalized spacial score (nSPS) is 10.4. The third-order valence-electron chi connectivity index (χ3n) is 3.25. The Balaban J connectivity index is 1.82. The van der Waals surface area contributed by atoms with Gasteiger partial charge in [-0.15, -0.1) is 0 Å². The Morgan fingerprint density at radius 1 is 0.864 bits per heavy atom. The highest BCUT2D eigenvalue weighted by Crippen LogP contribution is 2.29. The summed E-state index contributed by atoms with van der Waals surface area (Å²) in [6.07, 6.45) is 0. The summed E-state index contributed by atoms with van der Waals surface area (Å²) in [5, 5.41) is 17.4. The molecule has 3 aromatic rings. The van der Waals surface area contributed by atoms with Gasteiger partial charge in [-0.25, -0.2) is 4.79 Å². The zero-order chi connectivity index (χ0) is 15.5. The summed E-state index contributed by atoms with van der Waals surface area (Å²) in [7, 11) is 0. The van der Waals surface area contributed by atoms with Crippen LogP contribution in [0.5, 0.6) is 5.75 Å². The third kappa shape index (κ3) is 2.97. The van der Waals surface area contributed by atoms with E-state index in [-0.39, 0.29) is 11.8 Å². The molecule has 0 spiro atoms. The summed E-state index contributed by atoms with van der Waals surface area (Å²) in [5.74, 6) is 0.180. The lowest BCUT2D eigenvalue weighted by Gasteiger charge is -2.11. The highest BCUT2D eigenvalue weighted by atomic mass is 35.5. The number of hydrogen-bond donors (Lipinski definition) is 3. The van der Waals surface area contributed by atoms with Gasteiger partial charge in [-0.2, -0.15) is 0 Å². The molecular weight excluding hydrogens is 300 g/mol. The van der Waals surface area contributed by atoms with Gasteiger partial charge in [-0.1, -0.05) is 35.9 Å². The number of benzene rings is 3. The van der Waals surface area contributed by atoms with Crippen molar-refractivity contribution in [2.75, 3.05) is 10.6 Å². The van der Waals surface area contributed by atoms with Gasteiger partial charge < -0.3 is 15.7 Å². The van der Waals surface area contributed by atoms with Crippen molar-refractivity contribution in [1.29, 1.82) is 0 Å². The molecule has 0 unspecified atom stereocenters. The van der Waals surface area contributed by atoms with E-state index in [1.165, 1.54) is 0 Å². The second kappa shape index (κ2) is 5.95. The summed E-state index contributed by atoms with van der Waals surface area (Å²) < 4.78 is 0. The molecule has 0 aliphatic rings. The second-order valence-electron chi connectivity index (χ2n) is 4.76. The summed E-state index contributed by atoms with van der Waals surface area (Å²) in [4.78, 5) is 12.1. The van der Waals surface area contributed by atoms with Crippen molar-refractivity contribution in [1.82, 2.24) is 0 Å². The molecule has 0 bridgehead atoms. The molecule has 0 saturated heterocycles. The van der Waals surface area contributed by atoms with Gasteiger partial charge in [0, 0.05) is 21.5 Å². The van der Waals surface area contributed by atoms with Crippen molar-refractivity contribution in [3.63, 3.8) is 0 Å². The number of carbonyl (C=O) groups excluding carboxylic acids is 1. The van der Waals surface area contributed by atoms with Crippen LogP contribution < -0.4 is 10.6 Å². The SMILES string of the molecule is O=C(Nc1ccc(Cl)cc1)Nc1cccc2c(O)cccc12. The highest BCUT2D eigenvalue weighted by Gasteiger charge is 2.07. The van der Waals surface area contributed by atoms with Crippen molar-refractivity contribution in [2.45, 2.75) is 0 Å². The summed E-state index contributed by atoms with van der Waals surface area (Å²) in [6, 6.07) is 17.0. The zero-order valence-corrected chi connectivity index (χ0v) is 12.3. The second-order valence-corrected chi connectivity index (χ2v) is 5.20. The van der Waals surface area contributed by atoms with Crippen molar-refractivity contribution in [2.24, 2.45) is 0 Å². The van der Waals surface area contributed by atoms with Gasteiger partial charge >= 0.3 is 6.03 Å². The maximum Gasteiger partial charge on any atom is 0.323 e. The topological polar surface area (TPSA) is 61.4 Å². The number of urea groups is 1. The van der Waals surface area contributed by atoms with E-state index in [1.54, 1.807) is 54.6 Å². The Morgan fingerprint density at radius 3 is 2.32 bits per heavy atom. The lowest BCUT2D eigenvalue weighted by atomic mass is 10.1. The number of phenolic OH excluding ortho intramolecular Hbond substituents is 1. The third-order valence-corrected chi connectivity index (χ3v) is 3.50. The molecule has 22 heavy (non-hydrogen) atoms. The van der Waals surface area contributed by atoms with E-state index in [2.05, 4.69) is 10.6 Å². The number of phenols is 1. The number of carbonyl (C=O) groups is 1. The number of nitrogens with one attached hydrogen (secondary N) is 2. The molecule has 0 fully saturated rings. The monoisotopic (exact) mass is 312 g/mol.